The Morgan fingerprint density at radius 1 is 1.70 bits per heavy atom. The first kappa shape index (κ1) is 6.86. The number of rotatable bonds is 1. The van der Waals surface area contributed by atoms with Crippen LogP contribution in [0.2, 0.25) is 0 Å². The Labute approximate surface area is 59.9 Å². The number of nitrogens with zero attached hydrogens (tertiary/aromatic N) is 1. The van der Waals surface area contributed by atoms with Crippen molar-refractivity contribution in [2.45, 2.75) is 13.8 Å². The number of hydrogen-bond donors (Lipinski definition) is 2. The van der Waals surface area contributed by atoms with Crippen molar-refractivity contribution in [1.29, 1.82) is 0 Å². The molecule has 0 saturated carbocycles. The predicted molar refractivity (Wildman–Crippen MR) is 42.3 cm³/mol. The number of aromatic amines is 1. The molecule has 0 aromatic carbocycles. The third-order valence-electron chi connectivity index (χ3n) is 1.13. The SMILES string of the molecule is CC(C)=Cc1[nH]ncc1N. The van der Waals surface area contributed by atoms with Crippen molar-refractivity contribution in [2.24, 2.45) is 0 Å². The van der Waals surface area contributed by atoms with Gasteiger partial charge in [0.1, 0.15) is 0 Å². The van der Waals surface area contributed by atoms with E-state index in [1.807, 2.05) is 19.9 Å². The third kappa shape index (κ3) is 1.37. The maximum Gasteiger partial charge on any atom is 0.0807 e. The first-order chi connectivity index (χ1) is 4.70. The topological polar surface area (TPSA) is 54.7 Å². The molecule has 54 valence electrons. The quantitative estimate of drug-likeness (QED) is 0.615. The summed E-state index contributed by atoms with van der Waals surface area (Å²) in [4.78, 5) is 0. The molecule has 1 aromatic rings. The van der Waals surface area contributed by atoms with Crippen LogP contribution in [-0.4, -0.2) is 10.2 Å². The van der Waals surface area contributed by atoms with E-state index < -0.39 is 0 Å². The van der Waals surface area contributed by atoms with Crippen molar-refractivity contribution in [1.82, 2.24) is 10.2 Å². The summed E-state index contributed by atoms with van der Waals surface area (Å²) in [5, 5.41) is 6.57. The summed E-state index contributed by atoms with van der Waals surface area (Å²) in [6.07, 6.45) is 3.57. The number of anilines is 1. The second kappa shape index (κ2) is 2.56. The number of nitrogens with one attached hydrogen (secondary N) is 1. The molecule has 3 nitrogen and oxygen atoms in total. The second-order valence-corrected chi connectivity index (χ2v) is 2.46. The van der Waals surface area contributed by atoms with Crippen LogP contribution in [0.5, 0.6) is 0 Å². The zero-order valence-electron chi connectivity index (χ0n) is 6.18. The summed E-state index contributed by atoms with van der Waals surface area (Å²) >= 11 is 0. The number of H-pyrrole nitrogens is 1. The fourth-order valence-electron chi connectivity index (χ4n) is 0.710. The minimum Gasteiger partial charge on any atom is -0.396 e. The summed E-state index contributed by atoms with van der Waals surface area (Å²) in [5.74, 6) is 0. The minimum atomic E-state index is 0.696. The molecule has 0 amide bonds. The van der Waals surface area contributed by atoms with Gasteiger partial charge in [-0.15, -0.1) is 0 Å². The number of hydrogen-bond acceptors (Lipinski definition) is 2. The molecule has 3 heteroatoms. The molecule has 0 bridgehead atoms. The van der Waals surface area contributed by atoms with Gasteiger partial charge in [-0.1, -0.05) is 5.57 Å². The van der Waals surface area contributed by atoms with Crippen molar-refractivity contribution in [3.8, 4) is 0 Å². The minimum absolute atomic E-state index is 0.696. The zero-order valence-corrected chi connectivity index (χ0v) is 6.18. The monoisotopic (exact) mass is 137 g/mol. The lowest BCUT2D eigenvalue weighted by Gasteiger charge is -1.89. The molecule has 1 rings (SSSR count). The van der Waals surface area contributed by atoms with Crippen LogP contribution < -0.4 is 5.73 Å². The Morgan fingerprint density at radius 2 is 2.40 bits per heavy atom. The molecule has 0 unspecified atom stereocenters. The van der Waals surface area contributed by atoms with Crippen molar-refractivity contribution in [2.75, 3.05) is 5.73 Å². The van der Waals surface area contributed by atoms with E-state index in [2.05, 4.69) is 10.2 Å². The molecule has 0 aliphatic carbocycles. The Bertz CT molecular complexity index is 243. The van der Waals surface area contributed by atoms with Crippen molar-refractivity contribution in [3.63, 3.8) is 0 Å². The maximum atomic E-state index is 5.55. The summed E-state index contributed by atoms with van der Waals surface area (Å²) in [6, 6.07) is 0. The zero-order chi connectivity index (χ0) is 7.56. The molecule has 0 fully saturated rings. The highest BCUT2D eigenvalue weighted by molar-refractivity contribution is 5.60. The van der Waals surface area contributed by atoms with Crippen LogP contribution in [0.25, 0.3) is 6.08 Å². The van der Waals surface area contributed by atoms with E-state index in [1.54, 1.807) is 6.20 Å². The molecule has 1 aromatic heterocycles. The van der Waals surface area contributed by atoms with E-state index in [-0.39, 0.29) is 0 Å². The van der Waals surface area contributed by atoms with Crippen molar-refractivity contribution >= 4 is 11.8 Å². The van der Waals surface area contributed by atoms with Crippen LogP contribution in [0.1, 0.15) is 19.5 Å². The predicted octanol–water partition coefficient (Wildman–Crippen LogP) is 1.42. The highest BCUT2D eigenvalue weighted by atomic mass is 15.1. The third-order valence-corrected chi connectivity index (χ3v) is 1.13. The maximum absolute atomic E-state index is 5.55. The number of allylic oxidation sites excluding steroid dienone is 1. The van der Waals surface area contributed by atoms with Gasteiger partial charge in [-0.25, -0.2) is 0 Å². The molecule has 0 aliphatic rings. The van der Waals surface area contributed by atoms with Gasteiger partial charge in [-0.2, -0.15) is 5.10 Å². The van der Waals surface area contributed by atoms with Crippen LogP contribution in [0.3, 0.4) is 0 Å². The van der Waals surface area contributed by atoms with Crippen LogP contribution in [0.4, 0.5) is 5.69 Å². The molecule has 3 N–H and O–H groups in total. The Morgan fingerprint density at radius 3 is 2.80 bits per heavy atom. The fraction of sp³-hybridized carbons (Fsp3) is 0.286. The van der Waals surface area contributed by atoms with E-state index in [0.717, 1.165) is 5.69 Å². The Hall–Kier alpha value is -1.25. The van der Waals surface area contributed by atoms with E-state index in [9.17, 15) is 0 Å². The second-order valence-electron chi connectivity index (χ2n) is 2.46. The van der Waals surface area contributed by atoms with Gasteiger partial charge >= 0.3 is 0 Å². The van der Waals surface area contributed by atoms with Crippen LogP contribution in [-0.2, 0) is 0 Å². The van der Waals surface area contributed by atoms with Gasteiger partial charge in [-0.3, -0.25) is 5.10 Å². The molecule has 0 radical (unpaired) electrons. The molecular weight excluding hydrogens is 126 g/mol. The summed E-state index contributed by atoms with van der Waals surface area (Å²) in [7, 11) is 0. The van der Waals surface area contributed by atoms with Gasteiger partial charge < -0.3 is 5.73 Å². The van der Waals surface area contributed by atoms with E-state index in [0.29, 0.717) is 5.69 Å². The number of nitrogens with two attached hydrogens (primary N) is 1. The van der Waals surface area contributed by atoms with E-state index in [4.69, 9.17) is 5.73 Å². The lowest BCUT2D eigenvalue weighted by Crippen LogP contribution is -1.84. The molecule has 0 saturated heterocycles. The summed E-state index contributed by atoms with van der Waals surface area (Å²) < 4.78 is 0. The van der Waals surface area contributed by atoms with Crippen LogP contribution in [0, 0.1) is 0 Å². The highest BCUT2D eigenvalue weighted by Gasteiger charge is 1.94. The largest absolute Gasteiger partial charge is 0.396 e. The fourth-order valence-corrected chi connectivity index (χ4v) is 0.710. The van der Waals surface area contributed by atoms with Gasteiger partial charge in [0.2, 0.25) is 0 Å². The first-order valence-electron chi connectivity index (χ1n) is 3.14. The Kier molecular flexibility index (Phi) is 1.76. The van der Waals surface area contributed by atoms with Gasteiger partial charge in [-0.05, 0) is 19.9 Å². The normalized spacial score (nSPS) is 9.40. The van der Waals surface area contributed by atoms with Crippen LogP contribution >= 0.6 is 0 Å². The van der Waals surface area contributed by atoms with Gasteiger partial charge in [0.25, 0.3) is 0 Å². The Balaban J connectivity index is 2.95. The van der Waals surface area contributed by atoms with Gasteiger partial charge in [0.15, 0.2) is 0 Å². The van der Waals surface area contributed by atoms with Crippen molar-refractivity contribution in [3.05, 3.63) is 17.5 Å². The standard InChI is InChI=1S/C7H11N3/c1-5(2)3-7-6(8)4-9-10-7/h3-4H,8H2,1-2H3,(H,9,10). The highest BCUT2D eigenvalue weighted by Crippen LogP contribution is 2.09. The van der Waals surface area contributed by atoms with Gasteiger partial charge in [0, 0.05) is 0 Å². The van der Waals surface area contributed by atoms with Crippen LogP contribution in [0.15, 0.2) is 11.8 Å². The molecule has 10 heavy (non-hydrogen) atoms. The van der Waals surface area contributed by atoms with E-state index >= 15 is 0 Å². The van der Waals surface area contributed by atoms with Crippen molar-refractivity contribution < 1.29 is 0 Å². The summed E-state index contributed by atoms with van der Waals surface area (Å²) in [6.45, 7) is 4.03. The lowest BCUT2D eigenvalue weighted by molar-refractivity contribution is 1.08. The average molecular weight is 137 g/mol. The molecular formula is C7H11N3. The first-order valence-corrected chi connectivity index (χ1v) is 3.14. The average Bonchev–Trinajstić information content (AvgIpc) is 2.15. The lowest BCUT2D eigenvalue weighted by atomic mass is 10.2. The molecule has 0 aliphatic heterocycles. The molecule has 0 atom stereocenters. The smallest absolute Gasteiger partial charge is 0.0807 e. The number of aromatic nitrogens is 2. The summed E-state index contributed by atoms with van der Waals surface area (Å²) in [5.41, 5.74) is 8.34. The number of nitrogen functional groups attached to an aromatic ring is 1. The molecule has 0 spiro atoms. The van der Waals surface area contributed by atoms with Gasteiger partial charge in [0.05, 0.1) is 17.6 Å². The molecule has 1 heterocycles. The van der Waals surface area contributed by atoms with E-state index in [1.165, 1.54) is 5.57 Å².